The number of carbonyl (C=O) groups excluding carboxylic acids is 1. The van der Waals surface area contributed by atoms with Gasteiger partial charge in [-0.1, -0.05) is 19.8 Å². The van der Waals surface area contributed by atoms with Gasteiger partial charge in [-0.05, 0) is 20.3 Å². The molecule has 0 bridgehead atoms. The molecule has 0 amide bonds. The van der Waals surface area contributed by atoms with Crippen molar-refractivity contribution in [2.45, 2.75) is 52.9 Å². The summed E-state index contributed by atoms with van der Waals surface area (Å²) in [6.45, 7) is 7.42. The molecule has 0 aromatic heterocycles. The van der Waals surface area contributed by atoms with E-state index >= 15 is 0 Å². The van der Waals surface area contributed by atoms with E-state index in [1.54, 1.807) is 13.8 Å². The molecule has 0 spiro atoms. The van der Waals surface area contributed by atoms with Gasteiger partial charge in [-0.3, -0.25) is 9.59 Å². The minimum absolute atomic E-state index is 0.249. The van der Waals surface area contributed by atoms with E-state index in [1.165, 1.54) is 6.92 Å². The highest BCUT2D eigenvalue weighted by Gasteiger charge is 2.36. The number of esters is 1. The smallest absolute Gasteiger partial charge is 0.326 e. The zero-order chi connectivity index (χ0) is 14.9. The van der Waals surface area contributed by atoms with Crippen molar-refractivity contribution in [3.8, 4) is 0 Å². The molecule has 0 aliphatic carbocycles. The molecule has 6 nitrogen and oxygen atoms in total. The SMILES string of the molecule is CCCCC(C(=O)O)C(=O)OC(C)(OCC)OCC. The third-order valence-corrected chi connectivity index (χ3v) is 2.53. The van der Waals surface area contributed by atoms with Gasteiger partial charge in [0.15, 0.2) is 5.92 Å². The van der Waals surface area contributed by atoms with Gasteiger partial charge in [0, 0.05) is 6.92 Å². The van der Waals surface area contributed by atoms with Crippen molar-refractivity contribution in [1.82, 2.24) is 0 Å². The first-order valence-electron chi connectivity index (χ1n) is 6.63. The Hall–Kier alpha value is -1.14. The first-order valence-corrected chi connectivity index (χ1v) is 6.63. The van der Waals surface area contributed by atoms with Gasteiger partial charge in [-0.2, -0.15) is 0 Å². The summed E-state index contributed by atoms with van der Waals surface area (Å²) < 4.78 is 15.5. The van der Waals surface area contributed by atoms with Crippen molar-refractivity contribution in [3.63, 3.8) is 0 Å². The first kappa shape index (κ1) is 17.9. The number of rotatable bonds is 10. The Morgan fingerprint density at radius 1 is 1.16 bits per heavy atom. The topological polar surface area (TPSA) is 82.1 Å². The van der Waals surface area contributed by atoms with Crippen molar-refractivity contribution in [2.75, 3.05) is 13.2 Å². The Bertz CT molecular complexity index is 283. The maximum absolute atomic E-state index is 11.9. The molecule has 0 aromatic carbocycles. The van der Waals surface area contributed by atoms with Crippen LogP contribution in [0.1, 0.15) is 47.0 Å². The summed E-state index contributed by atoms with van der Waals surface area (Å²) in [4.78, 5) is 23.0. The fourth-order valence-electron chi connectivity index (χ4n) is 1.63. The molecule has 1 atom stereocenters. The van der Waals surface area contributed by atoms with Gasteiger partial charge >= 0.3 is 17.9 Å². The molecular formula is C13H24O6. The molecule has 0 aliphatic heterocycles. The molecule has 1 unspecified atom stereocenters. The first-order chi connectivity index (χ1) is 8.90. The molecule has 6 heteroatoms. The van der Waals surface area contributed by atoms with Gasteiger partial charge in [-0.15, -0.1) is 0 Å². The van der Waals surface area contributed by atoms with Gasteiger partial charge in [0.05, 0.1) is 13.2 Å². The van der Waals surface area contributed by atoms with E-state index in [9.17, 15) is 9.59 Å². The van der Waals surface area contributed by atoms with E-state index in [1.807, 2.05) is 6.92 Å². The van der Waals surface area contributed by atoms with Crippen LogP contribution in [0.3, 0.4) is 0 Å². The van der Waals surface area contributed by atoms with Crippen molar-refractivity contribution in [1.29, 1.82) is 0 Å². The number of carboxylic acid groups (broad SMARTS) is 1. The Morgan fingerprint density at radius 2 is 1.68 bits per heavy atom. The monoisotopic (exact) mass is 276 g/mol. The fourth-order valence-corrected chi connectivity index (χ4v) is 1.63. The average Bonchev–Trinajstić information content (AvgIpc) is 2.29. The lowest BCUT2D eigenvalue weighted by molar-refractivity contribution is -0.350. The summed E-state index contributed by atoms with van der Waals surface area (Å²) in [6.07, 6.45) is 1.70. The van der Waals surface area contributed by atoms with Gasteiger partial charge in [0.1, 0.15) is 0 Å². The van der Waals surface area contributed by atoms with Gasteiger partial charge in [0.25, 0.3) is 0 Å². The van der Waals surface area contributed by atoms with Crippen molar-refractivity contribution >= 4 is 11.9 Å². The summed E-state index contributed by atoms with van der Waals surface area (Å²) in [5, 5.41) is 9.04. The lowest BCUT2D eigenvalue weighted by Crippen LogP contribution is -2.41. The number of hydrogen-bond acceptors (Lipinski definition) is 5. The number of carboxylic acids is 1. The minimum Gasteiger partial charge on any atom is -0.481 e. The van der Waals surface area contributed by atoms with Crippen LogP contribution >= 0.6 is 0 Å². The minimum atomic E-state index is -1.53. The van der Waals surface area contributed by atoms with Crippen LogP contribution in [0, 0.1) is 5.92 Å². The Morgan fingerprint density at radius 3 is 2.05 bits per heavy atom. The predicted molar refractivity (Wildman–Crippen MR) is 68.4 cm³/mol. The third kappa shape index (κ3) is 6.54. The van der Waals surface area contributed by atoms with Gasteiger partial charge in [0.2, 0.25) is 0 Å². The van der Waals surface area contributed by atoms with Crippen molar-refractivity contribution in [3.05, 3.63) is 0 Å². The molecule has 19 heavy (non-hydrogen) atoms. The predicted octanol–water partition coefficient (Wildman–Crippen LogP) is 2.17. The average molecular weight is 276 g/mol. The van der Waals surface area contributed by atoms with Crippen molar-refractivity contribution in [2.24, 2.45) is 5.92 Å². The van der Waals surface area contributed by atoms with E-state index in [0.29, 0.717) is 6.42 Å². The second-order valence-electron chi connectivity index (χ2n) is 4.18. The maximum atomic E-state index is 11.9. The number of aliphatic carboxylic acids is 1. The molecule has 0 saturated carbocycles. The lowest BCUT2D eigenvalue weighted by atomic mass is 10.0. The summed E-state index contributed by atoms with van der Waals surface area (Å²) >= 11 is 0. The lowest BCUT2D eigenvalue weighted by Gasteiger charge is -2.29. The summed E-state index contributed by atoms with van der Waals surface area (Å²) in [7, 11) is 0. The Kier molecular flexibility index (Phi) is 8.34. The highest BCUT2D eigenvalue weighted by molar-refractivity contribution is 5.93. The molecule has 0 aliphatic rings. The second-order valence-corrected chi connectivity index (χ2v) is 4.18. The van der Waals surface area contributed by atoms with Crippen LogP contribution in [-0.2, 0) is 23.8 Å². The molecule has 0 aromatic rings. The normalized spacial score (nSPS) is 13.1. The van der Waals surface area contributed by atoms with Crippen LogP contribution in [-0.4, -0.2) is 36.2 Å². The molecule has 0 saturated heterocycles. The molecule has 1 N–H and O–H groups in total. The molecule has 0 fully saturated rings. The van der Waals surface area contributed by atoms with Crippen LogP contribution in [0.2, 0.25) is 0 Å². The summed E-state index contributed by atoms with van der Waals surface area (Å²) in [5.74, 6) is -4.72. The zero-order valence-corrected chi connectivity index (χ0v) is 12.1. The van der Waals surface area contributed by atoms with E-state index in [4.69, 9.17) is 19.3 Å². The number of hydrogen-bond donors (Lipinski definition) is 1. The molecule has 0 heterocycles. The zero-order valence-electron chi connectivity index (χ0n) is 12.1. The van der Waals surface area contributed by atoms with Crippen LogP contribution < -0.4 is 0 Å². The largest absolute Gasteiger partial charge is 0.481 e. The fraction of sp³-hybridized carbons (Fsp3) is 0.846. The van der Waals surface area contributed by atoms with Gasteiger partial charge in [-0.25, -0.2) is 0 Å². The van der Waals surface area contributed by atoms with Crippen LogP contribution in [0.15, 0.2) is 0 Å². The summed E-state index contributed by atoms with van der Waals surface area (Å²) in [5.41, 5.74) is 0. The van der Waals surface area contributed by atoms with E-state index in [0.717, 1.165) is 6.42 Å². The standard InChI is InChI=1S/C13H24O6/c1-5-8-9-10(11(14)15)12(16)19-13(4,17-6-2)18-7-3/h10H,5-9H2,1-4H3,(H,14,15). The molecule has 112 valence electrons. The Balaban J connectivity index is 4.70. The van der Waals surface area contributed by atoms with Crippen LogP contribution in [0.5, 0.6) is 0 Å². The quantitative estimate of drug-likeness (QED) is 0.374. The van der Waals surface area contributed by atoms with E-state index in [-0.39, 0.29) is 19.6 Å². The van der Waals surface area contributed by atoms with Gasteiger partial charge < -0.3 is 19.3 Å². The third-order valence-electron chi connectivity index (χ3n) is 2.53. The highest BCUT2D eigenvalue weighted by atomic mass is 16.9. The van der Waals surface area contributed by atoms with Crippen molar-refractivity contribution < 1.29 is 28.9 Å². The second kappa shape index (κ2) is 8.87. The molecular weight excluding hydrogens is 252 g/mol. The highest BCUT2D eigenvalue weighted by Crippen LogP contribution is 2.19. The number of unbranched alkanes of at least 4 members (excludes halogenated alkanes) is 1. The van der Waals surface area contributed by atoms with E-state index < -0.39 is 23.8 Å². The Labute approximate surface area is 114 Å². The number of carbonyl (C=O) groups is 2. The molecule has 0 radical (unpaired) electrons. The van der Waals surface area contributed by atoms with Crippen LogP contribution in [0.25, 0.3) is 0 Å². The summed E-state index contributed by atoms with van der Waals surface area (Å²) in [6, 6.07) is 0. The van der Waals surface area contributed by atoms with Crippen LogP contribution in [0.4, 0.5) is 0 Å². The maximum Gasteiger partial charge on any atom is 0.326 e. The van der Waals surface area contributed by atoms with E-state index in [2.05, 4.69) is 0 Å². The molecule has 0 rings (SSSR count). The number of ether oxygens (including phenoxy) is 3.